The van der Waals surface area contributed by atoms with E-state index < -0.39 is 0 Å². The molecule has 0 aliphatic heterocycles. The van der Waals surface area contributed by atoms with Crippen molar-refractivity contribution in [3.63, 3.8) is 0 Å². The lowest BCUT2D eigenvalue weighted by Crippen LogP contribution is -2.31. The van der Waals surface area contributed by atoms with E-state index in [-0.39, 0.29) is 17.2 Å². The molecule has 164 valence electrons. The minimum atomic E-state index is -0.316. The van der Waals surface area contributed by atoms with E-state index in [9.17, 15) is 9.59 Å². The monoisotopic (exact) mass is 447 g/mol. The molecule has 0 aliphatic rings. The number of benzene rings is 2. The molecule has 2 aromatic heterocycles. The second-order valence-electron chi connectivity index (χ2n) is 7.39. The summed E-state index contributed by atoms with van der Waals surface area (Å²) in [4.78, 5) is 26.9. The van der Waals surface area contributed by atoms with Crippen LogP contribution in [0.4, 0.5) is 0 Å². The lowest BCUT2D eigenvalue weighted by molar-refractivity contribution is -0.128. The van der Waals surface area contributed by atoms with E-state index in [4.69, 9.17) is 0 Å². The number of hydrogen-bond acceptors (Lipinski definition) is 5. The van der Waals surface area contributed by atoms with Crippen molar-refractivity contribution >= 4 is 23.2 Å². The first kappa shape index (κ1) is 21.8. The average molecular weight is 448 g/mol. The van der Waals surface area contributed by atoms with E-state index in [0.717, 1.165) is 17.5 Å². The molecule has 0 atom stereocenters. The third-order valence-electron chi connectivity index (χ3n) is 5.31. The number of aryl methyl sites for hydroxylation is 1. The van der Waals surface area contributed by atoms with Crippen molar-refractivity contribution in [3.8, 4) is 11.3 Å². The normalized spacial score (nSPS) is 11.1. The Morgan fingerprint density at radius 2 is 1.81 bits per heavy atom. The fourth-order valence-corrected chi connectivity index (χ4v) is 4.24. The molecule has 0 bridgehead atoms. The quantitative estimate of drug-likeness (QED) is 0.416. The number of rotatable bonds is 8. The summed E-state index contributed by atoms with van der Waals surface area (Å²) in [5.41, 5.74) is 4.03. The van der Waals surface area contributed by atoms with Crippen LogP contribution in [0.15, 0.2) is 70.6 Å². The zero-order chi connectivity index (χ0) is 22.5. The molecule has 4 aromatic rings. The summed E-state index contributed by atoms with van der Waals surface area (Å²) in [7, 11) is 0. The van der Waals surface area contributed by atoms with E-state index in [0.29, 0.717) is 29.5 Å². The summed E-state index contributed by atoms with van der Waals surface area (Å²) >= 11 is 1.26. The predicted octanol–water partition coefficient (Wildman–Crippen LogP) is 3.79. The van der Waals surface area contributed by atoms with Gasteiger partial charge < -0.3 is 4.90 Å². The van der Waals surface area contributed by atoms with E-state index in [1.807, 2.05) is 49.4 Å². The molecule has 4 rings (SSSR count). The van der Waals surface area contributed by atoms with Gasteiger partial charge in [-0.25, -0.2) is 9.61 Å². The van der Waals surface area contributed by atoms with Gasteiger partial charge >= 0.3 is 0 Å². The smallest absolute Gasteiger partial charge is 0.290 e. The van der Waals surface area contributed by atoms with Crippen molar-refractivity contribution in [1.29, 1.82) is 0 Å². The summed E-state index contributed by atoms with van der Waals surface area (Å²) in [6, 6.07) is 19.8. The molecule has 0 radical (unpaired) electrons. The molecule has 1 amide bonds. The predicted molar refractivity (Wildman–Crippen MR) is 127 cm³/mol. The van der Waals surface area contributed by atoms with Crippen LogP contribution in [-0.2, 0) is 17.8 Å². The van der Waals surface area contributed by atoms with Crippen LogP contribution in [0.5, 0.6) is 0 Å². The Bertz CT molecular complexity index is 1270. The highest BCUT2D eigenvalue weighted by atomic mass is 32.2. The van der Waals surface area contributed by atoms with Crippen LogP contribution in [0.2, 0.25) is 0 Å². The molecule has 0 unspecified atom stereocenters. The molecule has 1 N–H and O–H groups in total. The molecule has 8 heteroatoms. The first-order chi connectivity index (χ1) is 15.6. The molecule has 0 aliphatic carbocycles. The number of hydrogen-bond donors (Lipinski definition) is 1. The van der Waals surface area contributed by atoms with Crippen molar-refractivity contribution in [3.05, 3.63) is 82.1 Å². The number of fused-ring (bicyclic) bond motifs is 1. The van der Waals surface area contributed by atoms with Gasteiger partial charge in [-0.2, -0.15) is 5.10 Å². The van der Waals surface area contributed by atoms with Crippen LogP contribution in [0.25, 0.3) is 16.8 Å². The number of nitrogens with one attached hydrogen (secondary N) is 1. The minimum Gasteiger partial charge on any atom is -0.338 e. The van der Waals surface area contributed by atoms with Gasteiger partial charge in [-0.3, -0.25) is 9.59 Å². The zero-order valence-corrected chi connectivity index (χ0v) is 18.9. The van der Waals surface area contributed by atoms with Gasteiger partial charge in [-0.15, -0.1) is 5.10 Å². The van der Waals surface area contributed by atoms with Crippen molar-refractivity contribution < 1.29 is 4.79 Å². The number of aromatic amines is 1. The Morgan fingerprint density at radius 3 is 2.50 bits per heavy atom. The van der Waals surface area contributed by atoms with Crippen molar-refractivity contribution in [2.75, 3.05) is 12.3 Å². The summed E-state index contributed by atoms with van der Waals surface area (Å²) in [5.74, 6) is 0.208. The van der Waals surface area contributed by atoms with Crippen LogP contribution in [-0.4, -0.2) is 42.9 Å². The highest BCUT2D eigenvalue weighted by Crippen LogP contribution is 2.22. The molecule has 0 spiro atoms. The number of thioether (sulfide) groups is 1. The topological polar surface area (TPSA) is 83.4 Å². The highest BCUT2D eigenvalue weighted by molar-refractivity contribution is 7.99. The third-order valence-corrected chi connectivity index (χ3v) is 6.22. The Labute approximate surface area is 190 Å². The SMILES string of the molecule is CCc1ccc(-c2cc3c(=O)[nH]nc(SCC(=O)N(CC)Cc4ccccc4)n3n2)cc1. The van der Waals surface area contributed by atoms with Crippen LogP contribution in [0.3, 0.4) is 0 Å². The van der Waals surface area contributed by atoms with Gasteiger partial charge in [0.25, 0.3) is 5.56 Å². The van der Waals surface area contributed by atoms with Gasteiger partial charge in [0.2, 0.25) is 11.1 Å². The first-order valence-corrected chi connectivity index (χ1v) is 11.6. The first-order valence-electron chi connectivity index (χ1n) is 10.6. The Morgan fingerprint density at radius 1 is 1.06 bits per heavy atom. The van der Waals surface area contributed by atoms with E-state index in [1.165, 1.54) is 21.8 Å². The van der Waals surface area contributed by atoms with Crippen LogP contribution >= 0.6 is 11.8 Å². The summed E-state index contributed by atoms with van der Waals surface area (Å²) < 4.78 is 1.52. The molecular formula is C24H25N5O2S. The maximum Gasteiger partial charge on any atom is 0.290 e. The van der Waals surface area contributed by atoms with Gasteiger partial charge in [0, 0.05) is 18.7 Å². The third kappa shape index (κ3) is 4.75. The Kier molecular flexibility index (Phi) is 6.70. The van der Waals surface area contributed by atoms with Crippen LogP contribution in [0, 0.1) is 0 Å². The zero-order valence-electron chi connectivity index (χ0n) is 18.1. The molecule has 0 fully saturated rings. The molecule has 2 heterocycles. The second kappa shape index (κ2) is 9.82. The van der Waals surface area contributed by atoms with Crippen LogP contribution in [0.1, 0.15) is 25.0 Å². The van der Waals surface area contributed by atoms with E-state index >= 15 is 0 Å². The van der Waals surface area contributed by atoms with Crippen molar-refractivity contribution in [2.24, 2.45) is 0 Å². The molecule has 0 saturated carbocycles. The largest absolute Gasteiger partial charge is 0.338 e. The Hall–Kier alpha value is -3.39. The van der Waals surface area contributed by atoms with Crippen molar-refractivity contribution in [1.82, 2.24) is 24.7 Å². The number of H-pyrrole nitrogens is 1. The lowest BCUT2D eigenvalue weighted by atomic mass is 10.1. The van der Waals surface area contributed by atoms with Gasteiger partial charge in [-0.1, -0.05) is 73.3 Å². The average Bonchev–Trinajstić information content (AvgIpc) is 3.29. The van der Waals surface area contributed by atoms with Gasteiger partial charge in [-0.05, 0) is 30.5 Å². The number of amides is 1. The van der Waals surface area contributed by atoms with Crippen molar-refractivity contribution in [2.45, 2.75) is 32.0 Å². The van der Waals surface area contributed by atoms with Gasteiger partial charge in [0.1, 0.15) is 5.52 Å². The van der Waals surface area contributed by atoms with Crippen LogP contribution < -0.4 is 5.56 Å². The fraction of sp³-hybridized carbons (Fsp3) is 0.250. The summed E-state index contributed by atoms with van der Waals surface area (Å²) in [6.45, 7) is 5.24. The molecule has 0 saturated heterocycles. The Balaban J connectivity index is 1.53. The maximum absolute atomic E-state index is 12.8. The molecule has 7 nitrogen and oxygen atoms in total. The number of aromatic nitrogens is 4. The molecule has 32 heavy (non-hydrogen) atoms. The maximum atomic E-state index is 12.8. The number of carbonyl (C=O) groups excluding carboxylic acids is 1. The van der Waals surface area contributed by atoms with Gasteiger partial charge in [0.15, 0.2) is 0 Å². The summed E-state index contributed by atoms with van der Waals surface area (Å²) in [6.07, 6.45) is 0.961. The minimum absolute atomic E-state index is 0.00466. The molecule has 2 aromatic carbocycles. The standard InChI is InChI=1S/C24H25N5O2S/c1-3-17-10-12-19(13-11-17)20-14-21-23(31)25-26-24(29(21)27-20)32-16-22(30)28(4-2)15-18-8-6-5-7-9-18/h5-14H,3-4,15-16H2,1-2H3,(H,25,31). The number of nitrogens with zero attached hydrogens (tertiary/aromatic N) is 4. The van der Waals surface area contributed by atoms with E-state index in [2.05, 4.69) is 34.4 Å². The van der Waals surface area contributed by atoms with Gasteiger partial charge in [0.05, 0.1) is 11.4 Å². The fourth-order valence-electron chi connectivity index (χ4n) is 3.44. The highest BCUT2D eigenvalue weighted by Gasteiger charge is 2.17. The second-order valence-corrected chi connectivity index (χ2v) is 8.34. The van der Waals surface area contributed by atoms with E-state index in [1.54, 1.807) is 11.0 Å². The number of carbonyl (C=O) groups is 1. The molecular weight excluding hydrogens is 422 g/mol. The lowest BCUT2D eigenvalue weighted by Gasteiger charge is -2.20. The summed E-state index contributed by atoms with van der Waals surface area (Å²) in [5, 5.41) is 11.7.